The molecule has 0 saturated heterocycles. The van der Waals surface area contributed by atoms with Crippen molar-refractivity contribution in [3.63, 3.8) is 0 Å². The summed E-state index contributed by atoms with van der Waals surface area (Å²) in [5.41, 5.74) is 11.6. The van der Waals surface area contributed by atoms with Gasteiger partial charge in [-0.25, -0.2) is 4.79 Å². The van der Waals surface area contributed by atoms with Crippen molar-refractivity contribution in [2.24, 2.45) is 0 Å². The Balaban J connectivity index is 2.07. The van der Waals surface area contributed by atoms with Crippen molar-refractivity contribution >= 4 is 28.9 Å². The highest BCUT2D eigenvalue weighted by atomic mass is 16.5. The Kier molecular flexibility index (Phi) is 4.64. The standard InChI is InChI=1S/C17H19N3O4/c1-17(2,16(22)23)24-12-6-4-11(5-7-12)20-15(21)10-3-8-13(18)14(19)9-10/h3-9H,18-19H2,1-2H3,(H,20,21)(H,22,23). The second-order valence-electron chi connectivity index (χ2n) is 5.74. The van der Waals surface area contributed by atoms with E-state index in [9.17, 15) is 9.59 Å². The first-order chi connectivity index (χ1) is 11.2. The van der Waals surface area contributed by atoms with Crippen LogP contribution in [0.5, 0.6) is 5.75 Å². The van der Waals surface area contributed by atoms with Crippen molar-refractivity contribution in [3.8, 4) is 5.75 Å². The molecule has 0 radical (unpaired) electrons. The van der Waals surface area contributed by atoms with Gasteiger partial charge in [0.2, 0.25) is 0 Å². The number of amides is 1. The summed E-state index contributed by atoms with van der Waals surface area (Å²) in [7, 11) is 0. The number of nitrogens with one attached hydrogen (secondary N) is 1. The Morgan fingerprint density at radius 1 is 1.04 bits per heavy atom. The molecule has 7 nitrogen and oxygen atoms in total. The number of rotatable bonds is 5. The van der Waals surface area contributed by atoms with Crippen LogP contribution in [0.15, 0.2) is 42.5 Å². The Hall–Kier alpha value is -3.22. The van der Waals surface area contributed by atoms with Gasteiger partial charge < -0.3 is 26.6 Å². The molecule has 2 aromatic rings. The lowest BCUT2D eigenvalue weighted by Gasteiger charge is -2.21. The smallest absolute Gasteiger partial charge is 0.347 e. The zero-order valence-corrected chi connectivity index (χ0v) is 13.4. The molecule has 0 saturated carbocycles. The van der Waals surface area contributed by atoms with E-state index in [0.717, 1.165) is 0 Å². The number of carboxylic acids is 1. The number of nitrogens with two attached hydrogens (primary N) is 2. The third kappa shape index (κ3) is 3.95. The molecule has 0 aromatic heterocycles. The summed E-state index contributed by atoms with van der Waals surface area (Å²) in [4.78, 5) is 23.2. The largest absolute Gasteiger partial charge is 0.478 e. The van der Waals surface area contributed by atoms with Gasteiger partial charge >= 0.3 is 5.97 Å². The predicted molar refractivity (Wildman–Crippen MR) is 92.0 cm³/mol. The van der Waals surface area contributed by atoms with Gasteiger partial charge in [0, 0.05) is 11.3 Å². The van der Waals surface area contributed by atoms with Crippen molar-refractivity contribution in [3.05, 3.63) is 48.0 Å². The maximum Gasteiger partial charge on any atom is 0.347 e. The zero-order chi connectivity index (χ0) is 17.9. The molecule has 2 aromatic carbocycles. The van der Waals surface area contributed by atoms with E-state index >= 15 is 0 Å². The van der Waals surface area contributed by atoms with Crippen LogP contribution < -0.4 is 21.5 Å². The molecule has 0 spiro atoms. The van der Waals surface area contributed by atoms with Crippen molar-refractivity contribution in [1.82, 2.24) is 0 Å². The highest BCUT2D eigenvalue weighted by molar-refractivity contribution is 6.05. The maximum atomic E-state index is 12.2. The summed E-state index contributed by atoms with van der Waals surface area (Å²) in [6, 6.07) is 11.0. The highest BCUT2D eigenvalue weighted by Gasteiger charge is 2.29. The van der Waals surface area contributed by atoms with E-state index in [1.54, 1.807) is 36.4 Å². The fraction of sp³-hybridized carbons (Fsp3) is 0.176. The Labute approximate surface area is 139 Å². The fourth-order valence-electron chi connectivity index (χ4n) is 1.86. The van der Waals surface area contributed by atoms with Gasteiger partial charge in [-0.2, -0.15) is 0 Å². The zero-order valence-electron chi connectivity index (χ0n) is 13.4. The summed E-state index contributed by atoms with van der Waals surface area (Å²) in [6.45, 7) is 2.91. The molecule has 6 N–H and O–H groups in total. The van der Waals surface area contributed by atoms with E-state index in [0.29, 0.717) is 28.4 Å². The quantitative estimate of drug-likeness (QED) is 0.623. The van der Waals surface area contributed by atoms with Crippen LogP contribution in [-0.2, 0) is 4.79 Å². The number of carboxylic acid groups (broad SMARTS) is 1. The van der Waals surface area contributed by atoms with Crippen LogP contribution in [0.4, 0.5) is 17.1 Å². The number of aliphatic carboxylic acids is 1. The number of hydrogen-bond acceptors (Lipinski definition) is 5. The van der Waals surface area contributed by atoms with Gasteiger partial charge in [-0.05, 0) is 56.3 Å². The van der Waals surface area contributed by atoms with Gasteiger partial charge in [0.1, 0.15) is 5.75 Å². The van der Waals surface area contributed by atoms with Gasteiger partial charge in [-0.15, -0.1) is 0 Å². The lowest BCUT2D eigenvalue weighted by molar-refractivity contribution is -0.152. The first-order valence-corrected chi connectivity index (χ1v) is 7.18. The SMILES string of the molecule is CC(C)(Oc1ccc(NC(=O)c2ccc(N)c(N)c2)cc1)C(=O)O. The minimum absolute atomic E-state index is 0.332. The van der Waals surface area contributed by atoms with Crippen LogP contribution in [0.25, 0.3) is 0 Å². The molecule has 0 aliphatic rings. The van der Waals surface area contributed by atoms with Crippen molar-refractivity contribution in [2.75, 3.05) is 16.8 Å². The highest BCUT2D eigenvalue weighted by Crippen LogP contribution is 2.22. The monoisotopic (exact) mass is 329 g/mol. The number of hydrogen-bond donors (Lipinski definition) is 4. The van der Waals surface area contributed by atoms with E-state index in [2.05, 4.69) is 5.32 Å². The number of anilines is 3. The van der Waals surface area contributed by atoms with E-state index in [1.807, 2.05) is 0 Å². The van der Waals surface area contributed by atoms with Gasteiger partial charge in [0.15, 0.2) is 5.60 Å². The summed E-state index contributed by atoms with van der Waals surface area (Å²) < 4.78 is 5.39. The molecule has 0 aliphatic heterocycles. The molecule has 0 bridgehead atoms. The average Bonchev–Trinajstić information content (AvgIpc) is 2.51. The summed E-state index contributed by atoms with van der Waals surface area (Å²) in [5.74, 6) is -1.01. The first kappa shape index (κ1) is 17.1. The van der Waals surface area contributed by atoms with Crippen molar-refractivity contribution in [2.45, 2.75) is 19.4 Å². The first-order valence-electron chi connectivity index (χ1n) is 7.18. The van der Waals surface area contributed by atoms with Crippen LogP contribution in [-0.4, -0.2) is 22.6 Å². The summed E-state index contributed by atoms with van der Waals surface area (Å²) >= 11 is 0. The molecule has 7 heteroatoms. The number of benzene rings is 2. The Morgan fingerprint density at radius 2 is 1.67 bits per heavy atom. The van der Waals surface area contributed by atoms with Gasteiger partial charge in [-0.3, -0.25) is 4.79 Å². The summed E-state index contributed by atoms with van der Waals surface area (Å²) in [6.07, 6.45) is 0. The Bertz CT molecular complexity index is 770. The fourth-order valence-corrected chi connectivity index (χ4v) is 1.86. The number of nitrogen functional groups attached to an aromatic ring is 2. The number of carbonyl (C=O) groups excluding carboxylic acids is 1. The predicted octanol–water partition coefficient (Wildman–Crippen LogP) is 2.35. The lowest BCUT2D eigenvalue weighted by Crippen LogP contribution is -2.37. The topological polar surface area (TPSA) is 128 Å². The summed E-state index contributed by atoms with van der Waals surface area (Å²) in [5, 5.41) is 11.8. The van der Waals surface area contributed by atoms with E-state index in [4.69, 9.17) is 21.3 Å². The minimum atomic E-state index is -1.34. The van der Waals surface area contributed by atoms with Crippen LogP contribution in [0.3, 0.4) is 0 Å². The van der Waals surface area contributed by atoms with Gasteiger partial charge in [0.05, 0.1) is 11.4 Å². The van der Waals surface area contributed by atoms with E-state index < -0.39 is 11.6 Å². The molecular weight excluding hydrogens is 310 g/mol. The molecule has 24 heavy (non-hydrogen) atoms. The maximum absolute atomic E-state index is 12.2. The average molecular weight is 329 g/mol. The third-order valence-corrected chi connectivity index (χ3v) is 3.35. The normalized spacial score (nSPS) is 10.9. The molecule has 0 unspecified atom stereocenters. The van der Waals surface area contributed by atoms with E-state index in [-0.39, 0.29) is 5.91 Å². The van der Waals surface area contributed by atoms with Crippen molar-refractivity contribution in [1.29, 1.82) is 0 Å². The van der Waals surface area contributed by atoms with Gasteiger partial charge in [-0.1, -0.05) is 0 Å². The van der Waals surface area contributed by atoms with Crippen LogP contribution in [0, 0.1) is 0 Å². The number of ether oxygens (including phenoxy) is 1. The molecular formula is C17H19N3O4. The molecule has 0 heterocycles. The molecule has 126 valence electrons. The second kappa shape index (κ2) is 6.49. The van der Waals surface area contributed by atoms with Crippen LogP contribution in [0.2, 0.25) is 0 Å². The van der Waals surface area contributed by atoms with Gasteiger partial charge in [0.25, 0.3) is 5.91 Å². The molecule has 0 atom stereocenters. The molecule has 1 amide bonds. The second-order valence-corrected chi connectivity index (χ2v) is 5.74. The number of carbonyl (C=O) groups is 2. The molecule has 0 fully saturated rings. The Morgan fingerprint density at radius 3 is 2.21 bits per heavy atom. The van der Waals surface area contributed by atoms with Crippen LogP contribution in [0.1, 0.15) is 24.2 Å². The lowest BCUT2D eigenvalue weighted by atomic mass is 10.1. The third-order valence-electron chi connectivity index (χ3n) is 3.35. The van der Waals surface area contributed by atoms with E-state index in [1.165, 1.54) is 19.9 Å². The molecule has 2 rings (SSSR count). The van der Waals surface area contributed by atoms with Crippen LogP contribution >= 0.6 is 0 Å². The minimum Gasteiger partial charge on any atom is -0.478 e. The molecule has 0 aliphatic carbocycles. The van der Waals surface area contributed by atoms with Crippen molar-refractivity contribution < 1.29 is 19.4 Å².